The Morgan fingerprint density at radius 3 is 2.62 bits per heavy atom. The molecule has 0 aromatic carbocycles. The van der Waals surface area contributed by atoms with E-state index in [2.05, 4.69) is 11.4 Å². The van der Waals surface area contributed by atoms with Crippen molar-refractivity contribution in [3.05, 3.63) is 0 Å². The van der Waals surface area contributed by atoms with Gasteiger partial charge in [-0.25, -0.2) is 0 Å². The second-order valence-corrected chi connectivity index (χ2v) is 3.73. The highest BCUT2D eigenvalue weighted by Gasteiger charge is 2.19. The van der Waals surface area contributed by atoms with Crippen molar-refractivity contribution in [2.24, 2.45) is 11.1 Å². The van der Waals surface area contributed by atoms with Gasteiger partial charge in [0, 0.05) is 6.54 Å². The van der Waals surface area contributed by atoms with Crippen molar-refractivity contribution >= 4 is 5.91 Å². The number of hydrogen-bond donors (Lipinski definition) is 2. The van der Waals surface area contributed by atoms with E-state index in [1.165, 1.54) is 0 Å². The smallest absolute Gasteiger partial charge is 0.236 e. The molecule has 1 amide bonds. The van der Waals surface area contributed by atoms with Crippen molar-refractivity contribution in [3.63, 3.8) is 0 Å². The van der Waals surface area contributed by atoms with Crippen molar-refractivity contribution in [1.29, 1.82) is 5.26 Å². The Balaban J connectivity index is 3.91. The highest BCUT2D eigenvalue weighted by atomic mass is 16.2. The molecule has 0 rings (SSSR count). The third-order valence-corrected chi connectivity index (χ3v) is 1.78. The van der Waals surface area contributed by atoms with E-state index in [4.69, 9.17) is 11.0 Å². The van der Waals surface area contributed by atoms with Crippen molar-refractivity contribution in [2.45, 2.75) is 33.2 Å². The third kappa shape index (κ3) is 4.48. The zero-order valence-corrected chi connectivity index (χ0v) is 8.42. The van der Waals surface area contributed by atoms with Crippen LogP contribution in [0, 0.1) is 16.7 Å². The van der Waals surface area contributed by atoms with E-state index in [1.54, 1.807) is 13.8 Å². The highest BCUT2D eigenvalue weighted by molar-refractivity contribution is 5.81. The maximum atomic E-state index is 11.2. The fourth-order valence-corrected chi connectivity index (χ4v) is 0.664. The number of rotatable bonds is 4. The van der Waals surface area contributed by atoms with Gasteiger partial charge in [-0.15, -0.1) is 0 Å². The van der Waals surface area contributed by atoms with E-state index < -0.39 is 11.5 Å². The molecule has 0 aliphatic heterocycles. The Bertz CT molecular complexity index is 217. The Morgan fingerprint density at radius 1 is 1.69 bits per heavy atom. The quantitative estimate of drug-likeness (QED) is 0.661. The summed E-state index contributed by atoms with van der Waals surface area (Å²) in [6.07, 6.45) is 0.610. The topological polar surface area (TPSA) is 78.9 Å². The van der Waals surface area contributed by atoms with Crippen LogP contribution in [0.1, 0.15) is 27.2 Å². The number of nitrogens with zero attached hydrogens (tertiary/aromatic N) is 1. The summed E-state index contributed by atoms with van der Waals surface area (Å²) >= 11 is 0. The van der Waals surface area contributed by atoms with Gasteiger partial charge in [-0.2, -0.15) is 5.26 Å². The van der Waals surface area contributed by atoms with E-state index in [-0.39, 0.29) is 5.91 Å². The Kier molecular flexibility index (Phi) is 4.43. The number of carbonyl (C=O) groups is 1. The number of nitrogens with two attached hydrogens (primary N) is 1. The van der Waals surface area contributed by atoms with Gasteiger partial charge < -0.3 is 11.1 Å². The van der Waals surface area contributed by atoms with Crippen molar-refractivity contribution in [2.75, 3.05) is 6.54 Å². The molecular weight excluding hydrogens is 166 g/mol. The predicted octanol–water partition coefficient (Wildman–Crippen LogP) is 0.390. The molecule has 13 heavy (non-hydrogen) atoms. The standard InChI is InChI=1S/C9H17N3O/c1-4-7(11)8(13)12-6-9(2,3)5-10/h7H,4,6,11H2,1-3H3,(H,12,13)/t7-/m1/s1. The zero-order valence-electron chi connectivity index (χ0n) is 8.42. The van der Waals surface area contributed by atoms with E-state index in [9.17, 15) is 4.79 Å². The first kappa shape index (κ1) is 11.9. The Morgan fingerprint density at radius 2 is 2.23 bits per heavy atom. The molecule has 4 nitrogen and oxygen atoms in total. The summed E-state index contributed by atoms with van der Waals surface area (Å²) in [6.45, 7) is 5.73. The van der Waals surface area contributed by atoms with Gasteiger partial charge in [0.1, 0.15) is 0 Å². The van der Waals surface area contributed by atoms with Gasteiger partial charge in [-0.05, 0) is 20.3 Å². The Hall–Kier alpha value is -1.08. The maximum Gasteiger partial charge on any atom is 0.236 e. The van der Waals surface area contributed by atoms with Crippen LogP contribution in [0.4, 0.5) is 0 Å². The molecule has 0 aromatic heterocycles. The van der Waals surface area contributed by atoms with Crippen molar-refractivity contribution < 1.29 is 4.79 Å². The maximum absolute atomic E-state index is 11.2. The molecule has 0 aliphatic carbocycles. The lowest BCUT2D eigenvalue weighted by atomic mass is 9.96. The molecular formula is C9H17N3O. The van der Waals surface area contributed by atoms with Crippen LogP contribution in [0.15, 0.2) is 0 Å². The van der Waals surface area contributed by atoms with Gasteiger partial charge in [-0.3, -0.25) is 4.79 Å². The largest absolute Gasteiger partial charge is 0.353 e. The van der Waals surface area contributed by atoms with E-state index in [1.807, 2.05) is 6.92 Å². The number of amides is 1. The van der Waals surface area contributed by atoms with Crippen LogP contribution in [-0.4, -0.2) is 18.5 Å². The normalized spacial score (nSPS) is 13.2. The minimum atomic E-state index is -0.525. The minimum Gasteiger partial charge on any atom is -0.353 e. The summed E-state index contributed by atoms with van der Waals surface area (Å²) < 4.78 is 0. The molecule has 0 bridgehead atoms. The van der Waals surface area contributed by atoms with Crippen LogP contribution >= 0.6 is 0 Å². The summed E-state index contributed by atoms with van der Waals surface area (Å²) in [7, 11) is 0. The van der Waals surface area contributed by atoms with E-state index in [0.29, 0.717) is 13.0 Å². The summed E-state index contributed by atoms with van der Waals surface area (Å²) in [4.78, 5) is 11.2. The average Bonchev–Trinajstić information content (AvgIpc) is 2.13. The number of nitriles is 1. The Labute approximate surface area is 79.1 Å². The lowest BCUT2D eigenvalue weighted by Gasteiger charge is -2.17. The summed E-state index contributed by atoms with van der Waals surface area (Å²) in [5.74, 6) is -0.189. The fraction of sp³-hybridized carbons (Fsp3) is 0.778. The molecule has 0 aromatic rings. The molecule has 0 heterocycles. The van der Waals surface area contributed by atoms with Crippen LogP contribution < -0.4 is 11.1 Å². The second kappa shape index (κ2) is 4.83. The lowest BCUT2D eigenvalue weighted by molar-refractivity contribution is -0.122. The van der Waals surface area contributed by atoms with Crippen molar-refractivity contribution in [3.8, 4) is 6.07 Å². The first-order chi connectivity index (χ1) is 5.93. The molecule has 0 saturated heterocycles. The third-order valence-electron chi connectivity index (χ3n) is 1.78. The molecule has 0 aliphatic rings. The SMILES string of the molecule is CC[C@@H](N)C(=O)NCC(C)(C)C#N. The predicted molar refractivity (Wildman–Crippen MR) is 50.7 cm³/mol. The molecule has 74 valence electrons. The zero-order chi connectivity index (χ0) is 10.5. The lowest BCUT2D eigenvalue weighted by Crippen LogP contribution is -2.43. The molecule has 0 spiro atoms. The first-order valence-electron chi connectivity index (χ1n) is 4.37. The van der Waals surface area contributed by atoms with Gasteiger partial charge >= 0.3 is 0 Å². The van der Waals surface area contributed by atoms with Gasteiger partial charge in [0.2, 0.25) is 5.91 Å². The van der Waals surface area contributed by atoms with Crippen LogP contribution in [0.2, 0.25) is 0 Å². The van der Waals surface area contributed by atoms with Crippen LogP contribution in [-0.2, 0) is 4.79 Å². The van der Waals surface area contributed by atoms with Crippen LogP contribution in [0.25, 0.3) is 0 Å². The second-order valence-electron chi connectivity index (χ2n) is 3.73. The first-order valence-corrected chi connectivity index (χ1v) is 4.37. The number of hydrogen-bond acceptors (Lipinski definition) is 3. The molecule has 0 radical (unpaired) electrons. The van der Waals surface area contributed by atoms with Gasteiger partial charge in [0.25, 0.3) is 0 Å². The number of carbonyl (C=O) groups excluding carboxylic acids is 1. The highest BCUT2D eigenvalue weighted by Crippen LogP contribution is 2.10. The fourth-order valence-electron chi connectivity index (χ4n) is 0.664. The summed E-state index contributed by atoms with van der Waals surface area (Å²) in [6, 6.07) is 1.63. The molecule has 4 heteroatoms. The molecule has 1 atom stereocenters. The van der Waals surface area contributed by atoms with Crippen molar-refractivity contribution in [1.82, 2.24) is 5.32 Å². The average molecular weight is 183 g/mol. The van der Waals surface area contributed by atoms with Crippen LogP contribution in [0.3, 0.4) is 0 Å². The summed E-state index contributed by atoms with van der Waals surface area (Å²) in [5.41, 5.74) is 4.97. The minimum absolute atomic E-state index is 0.189. The molecule has 0 saturated carbocycles. The molecule has 0 fully saturated rings. The number of nitrogens with one attached hydrogen (secondary N) is 1. The molecule has 0 unspecified atom stereocenters. The van der Waals surface area contributed by atoms with Gasteiger partial charge in [0.05, 0.1) is 17.5 Å². The molecule has 3 N–H and O–H groups in total. The van der Waals surface area contributed by atoms with Gasteiger partial charge in [-0.1, -0.05) is 6.92 Å². The van der Waals surface area contributed by atoms with Gasteiger partial charge in [0.15, 0.2) is 0 Å². The van der Waals surface area contributed by atoms with Crippen LogP contribution in [0.5, 0.6) is 0 Å². The monoisotopic (exact) mass is 183 g/mol. The summed E-state index contributed by atoms with van der Waals surface area (Å²) in [5, 5.41) is 11.3. The van der Waals surface area contributed by atoms with E-state index in [0.717, 1.165) is 0 Å². The van der Waals surface area contributed by atoms with E-state index >= 15 is 0 Å².